The van der Waals surface area contributed by atoms with E-state index >= 15 is 0 Å². The van der Waals surface area contributed by atoms with Crippen molar-refractivity contribution in [1.82, 2.24) is 25.4 Å². The van der Waals surface area contributed by atoms with Gasteiger partial charge in [0.1, 0.15) is 0 Å². The minimum absolute atomic E-state index is 0.551. The van der Waals surface area contributed by atoms with Gasteiger partial charge in [-0.2, -0.15) is 0 Å². The minimum Gasteiger partial charge on any atom is -0.357 e. The van der Waals surface area contributed by atoms with Gasteiger partial charge in [0.25, 0.3) is 0 Å². The molecule has 2 aliphatic heterocycles. The third kappa shape index (κ3) is 7.82. The molecule has 1 aromatic rings. The van der Waals surface area contributed by atoms with Crippen LogP contribution < -0.4 is 10.6 Å². The number of aromatic nitrogens is 1. The average Bonchev–Trinajstić information content (AvgIpc) is 3.13. The van der Waals surface area contributed by atoms with Crippen LogP contribution in [0.5, 0.6) is 0 Å². The van der Waals surface area contributed by atoms with Crippen molar-refractivity contribution in [1.29, 1.82) is 0 Å². The maximum atomic E-state index is 4.96. The van der Waals surface area contributed by atoms with Gasteiger partial charge in [-0.05, 0) is 64.5 Å². The predicted octanol–water partition coefficient (Wildman–Crippen LogP) is 3.34. The summed E-state index contributed by atoms with van der Waals surface area (Å²) in [6.45, 7) is 17.7. The van der Waals surface area contributed by atoms with Gasteiger partial charge in [0, 0.05) is 50.7 Å². The molecule has 2 N–H and O–H groups in total. The molecule has 2 saturated heterocycles. The Labute approximate surface area is 187 Å². The van der Waals surface area contributed by atoms with E-state index in [0.29, 0.717) is 12.0 Å². The molecule has 3 rings (SSSR count). The molecule has 0 aromatic carbocycles. The Bertz CT molecular complexity index is 642. The van der Waals surface area contributed by atoms with Gasteiger partial charge in [-0.1, -0.05) is 13.8 Å². The van der Waals surface area contributed by atoms with Gasteiger partial charge in [0.15, 0.2) is 5.96 Å². The van der Waals surface area contributed by atoms with Gasteiger partial charge in [-0.3, -0.25) is 9.89 Å². The summed E-state index contributed by atoms with van der Waals surface area (Å²) in [4.78, 5) is 14.7. The highest BCUT2D eigenvalue weighted by Gasteiger charge is 2.22. The fourth-order valence-corrected chi connectivity index (χ4v) is 5.15. The molecular weight excluding hydrogens is 392 g/mol. The standard InChI is InChI=1S/C23H42N6S/c1-5-24-23(27-21-8-12-28(13-9-21)15-18(2)3)25-14-20-6-10-29(11-7-20)16-22-17-30-19(4)26-22/h17-18,20-21H,5-16H2,1-4H3,(H2,24,25,27). The van der Waals surface area contributed by atoms with Crippen molar-refractivity contribution in [3.63, 3.8) is 0 Å². The molecular formula is C23H42N6S. The molecule has 0 atom stereocenters. The zero-order valence-corrected chi connectivity index (χ0v) is 20.3. The molecule has 30 heavy (non-hydrogen) atoms. The van der Waals surface area contributed by atoms with Gasteiger partial charge in [0.05, 0.1) is 10.7 Å². The Hall–Kier alpha value is -1.18. The average molecular weight is 435 g/mol. The summed E-state index contributed by atoms with van der Waals surface area (Å²) >= 11 is 1.75. The van der Waals surface area contributed by atoms with Crippen LogP contribution in [0.25, 0.3) is 0 Å². The van der Waals surface area contributed by atoms with E-state index in [1.807, 2.05) is 0 Å². The summed E-state index contributed by atoms with van der Waals surface area (Å²) in [6.07, 6.45) is 4.90. The smallest absolute Gasteiger partial charge is 0.191 e. The highest BCUT2D eigenvalue weighted by molar-refractivity contribution is 7.09. The lowest BCUT2D eigenvalue weighted by atomic mass is 9.97. The number of thiazole rings is 1. The Morgan fingerprint density at radius 1 is 1.17 bits per heavy atom. The Morgan fingerprint density at radius 3 is 2.47 bits per heavy atom. The second-order valence-corrected chi connectivity index (χ2v) is 10.5. The summed E-state index contributed by atoms with van der Waals surface area (Å²) in [5.74, 6) is 2.47. The number of hydrogen-bond donors (Lipinski definition) is 2. The molecule has 7 heteroatoms. The summed E-state index contributed by atoms with van der Waals surface area (Å²) in [7, 11) is 0. The molecule has 0 radical (unpaired) electrons. The number of hydrogen-bond acceptors (Lipinski definition) is 5. The molecule has 1 aromatic heterocycles. The monoisotopic (exact) mass is 434 g/mol. The van der Waals surface area contributed by atoms with Crippen LogP contribution in [0.15, 0.2) is 10.4 Å². The molecule has 0 spiro atoms. The Balaban J connectivity index is 1.39. The maximum absolute atomic E-state index is 4.96. The zero-order valence-electron chi connectivity index (χ0n) is 19.5. The second kappa shape index (κ2) is 12.0. The lowest BCUT2D eigenvalue weighted by Crippen LogP contribution is -2.49. The topological polar surface area (TPSA) is 55.8 Å². The van der Waals surface area contributed by atoms with Crippen molar-refractivity contribution in [2.45, 2.75) is 66.0 Å². The number of rotatable bonds is 8. The first-order chi connectivity index (χ1) is 14.5. The molecule has 2 fully saturated rings. The molecule has 0 unspecified atom stereocenters. The largest absolute Gasteiger partial charge is 0.357 e. The van der Waals surface area contributed by atoms with E-state index in [2.05, 4.69) is 58.5 Å². The van der Waals surface area contributed by atoms with Crippen LogP contribution >= 0.6 is 11.3 Å². The van der Waals surface area contributed by atoms with Gasteiger partial charge in [-0.15, -0.1) is 11.3 Å². The summed E-state index contributed by atoms with van der Waals surface area (Å²) < 4.78 is 0. The first kappa shape index (κ1) is 23.5. The lowest BCUT2D eigenvalue weighted by molar-refractivity contribution is 0.178. The van der Waals surface area contributed by atoms with Crippen LogP contribution in [0.4, 0.5) is 0 Å². The van der Waals surface area contributed by atoms with Gasteiger partial charge < -0.3 is 15.5 Å². The Kier molecular flexibility index (Phi) is 9.40. The van der Waals surface area contributed by atoms with E-state index in [4.69, 9.17) is 4.99 Å². The number of aryl methyl sites for hydroxylation is 1. The number of likely N-dealkylation sites (tertiary alicyclic amines) is 2. The molecule has 6 nitrogen and oxygen atoms in total. The fourth-order valence-electron chi connectivity index (χ4n) is 4.55. The van der Waals surface area contributed by atoms with E-state index in [-0.39, 0.29) is 0 Å². The van der Waals surface area contributed by atoms with Gasteiger partial charge in [-0.25, -0.2) is 4.98 Å². The van der Waals surface area contributed by atoms with Crippen molar-refractivity contribution in [2.75, 3.05) is 45.8 Å². The first-order valence-corrected chi connectivity index (χ1v) is 12.8. The van der Waals surface area contributed by atoms with Crippen LogP contribution in [0, 0.1) is 18.8 Å². The molecule has 0 bridgehead atoms. The summed E-state index contributed by atoms with van der Waals surface area (Å²) in [5, 5.41) is 10.5. The minimum atomic E-state index is 0.551. The lowest BCUT2D eigenvalue weighted by Gasteiger charge is -2.34. The number of aliphatic imine (C=N–C) groups is 1. The SMILES string of the molecule is CCNC(=NCC1CCN(Cc2csc(C)n2)CC1)NC1CCN(CC(C)C)CC1. The molecule has 0 amide bonds. The summed E-state index contributed by atoms with van der Waals surface area (Å²) in [6, 6.07) is 0.551. The van der Waals surface area contributed by atoms with E-state index < -0.39 is 0 Å². The number of piperidine rings is 2. The highest BCUT2D eigenvalue weighted by Crippen LogP contribution is 2.20. The van der Waals surface area contributed by atoms with Gasteiger partial charge in [0.2, 0.25) is 0 Å². The second-order valence-electron chi connectivity index (χ2n) is 9.41. The summed E-state index contributed by atoms with van der Waals surface area (Å²) in [5.41, 5.74) is 1.23. The zero-order chi connectivity index (χ0) is 21.3. The van der Waals surface area contributed by atoms with E-state index in [1.165, 1.54) is 56.0 Å². The molecule has 170 valence electrons. The van der Waals surface area contributed by atoms with Crippen molar-refractivity contribution in [3.05, 3.63) is 16.1 Å². The number of nitrogens with zero attached hydrogens (tertiary/aromatic N) is 4. The Morgan fingerprint density at radius 2 is 1.87 bits per heavy atom. The highest BCUT2D eigenvalue weighted by atomic mass is 32.1. The van der Waals surface area contributed by atoms with E-state index in [1.54, 1.807) is 11.3 Å². The van der Waals surface area contributed by atoms with Crippen LogP contribution in [0.2, 0.25) is 0 Å². The van der Waals surface area contributed by atoms with Crippen LogP contribution in [-0.2, 0) is 6.54 Å². The van der Waals surface area contributed by atoms with Crippen LogP contribution in [0.1, 0.15) is 57.2 Å². The van der Waals surface area contributed by atoms with E-state index in [0.717, 1.165) is 44.6 Å². The predicted molar refractivity (Wildman–Crippen MR) is 128 cm³/mol. The van der Waals surface area contributed by atoms with Crippen LogP contribution in [0.3, 0.4) is 0 Å². The van der Waals surface area contributed by atoms with E-state index in [9.17, 15) is 0 Å². The van der Waals surface area contributed by atoms with Crippen molar-refractivity contribution in [2.24, 2.45) is 16.8 Å². The van der Waals surface area contributed by atoms with Crippen molar-refractivity contribution < 1.29 is 0 Å². The first-order valence-electron chi connectivity index (χ1n) is 11.9. The molecule has 3 heterocycles. The molecule has 0 aliphatic carbocycles. The molecule has 0 saturated carbocycles. The van der Waals surface area contributed by atoms with Crippen molar-refractivity contribution >= 4 is 17.3 Å². The number of nitrogens with one attached hydrogen (secondary N) is 2. The van der Waals surface area contributed by atoms with Crippen LogP contribution in [-0.4, -0.2) is 72.6 Å². The maximum Gasteiger partial charge on any atom is 0.191 e. The van der Waals surface area contributed by atoms with Crippen molar-refractivity contribution in [3.8, 4) is 0 Å². The van der Waals surface area contributed by atoms with Gasteiger partial charge >= 0.3 is 0 Å². The third-order valence-corrected chi connectivity index (χ3v) is 6.99. The third-order valence-electron chi connectivity index (χ3n) is 6.16. The fraction of sp³-hybridized carbons (Fsp3) is 0.826. The molecule has 2 aliphatic rings. The number of guanidine groups is 1. The quantitative estimate of drug-likeness (QED) is 0.485. The normalized spacial score (nSPS) is 20.8.